The maximum absolute atomic E-state index is 13.6. The zero-order valence-corrected chi connectivity index (χ0v) is 13.1. The van der Waals surface area contributed by atoms with Crippen LogP contribution in [0.1, 0.15) is 0 Å². The van der Waals surface area contributed by atoms with Crippen LogP contribution in [0.25, 0.3) is 0 Å². The van der Waals surface area contributed by atoms with E-state index in [0.29, 0.717) is 4.90 Å². The summed E-state index contributed by atoms with van der Waals surface area (Å²) >= 11 is 0. The second-order valence-corrected chi connectivity index (χ2v) is 6.56. The average molecular weight is 335 g/mol. The average Bonchev–Trinajstić information content (AvgIpc) is 2.49. The van der Waals surface area contributed by atoms with E-state index in [2.05, 4.69) is 0 Å². The van der Waals surface area contributed by atoms with Gasteiger partial charge in [0.1, 0.15) is 11.6 Å². The fourth-order valence-corrected chi connectivity index (χ4v) is 4.30. The molecule has 0 aromatic heterocycles. The molecule has 0 nitrogen and oxygen atoms in total. The topological polar surface area (TPSA) is 0 Å². The number of rotatable bonds is 3. The first-order chi connectivity index (χ1) is 10.2. The van der Waals surface area contributed by atoms with E-state index in [0.717, 1.165) is 15.9 Å². The summed E-state index contributed by atoms with van der Waals surface area (Å²) in [6.07, 6.45) is 0. The van der Waals surface area contributed by atoms with Gasteiger partial charge in [-0.2, -0.15) is 0 Å². The van der Waals surface area contributed by atoms with Gasteiger partial charge in [0.15, 0.2) is 14.7 Å². The Morgan fingerprint density at radius 1 is 0.545 bits per heavy atom. The highest BCUT2D eigenvalue weighted by Gasteiger charge is 2.29. The molecule has 3 aromatic carbocycles. The van der Waals surface area contributed by atoms with Crippen LogP contribution in [0.3, 0.4) is 0 Å². The van der Waals surface area contributed by atoms with Crippen molar-refractivity contribution in [2.45, 2.75) is 14.7 Å². The summed E-state index contributed by atoms with van der Waals surface area (Å²) < 4.78 is 27.2. The molecular formula is C18H13ClF2S. The van der Waals surface area contributed by atoms with Crippen molar-refractivity contribution in [1.29, 1.82) is 0 Å². The van der Waals surface area contributed by atoms with E-state index in [1.165, 1.54) is 12.1 Å². The van der Waals surface area contributed by atoms with Crippen molar-refractivity contribution in [2.24, 2.45) is 0 Å². The zero-order chi connectivity index (χ0) is 14.7. The Morgan fingerprint density at radius 3 is 1.36 bits per heavy atom. The molecule has 4 heteroatoms. The quantitative estimate of drug-likeness (QED) is 0.643. The molecule has 0 unspecified atom stereocenters. The molecule has 112 valence electrons. The standard InChI is InChI=1S/C18H13F2S.ClH/c19-14-11-15(20)13-18(12-14)21(16-7-3-1-4-8-16)17-9-5-2-6-10-17;/h1-13H;1H/q+1;/p-1. The van der Waals surface area contributed by atoms with Gasteiger partial charge in [0.2, 0.25) is 0 Å². The maximum atomic E-state index is 13.6. The van der Waals surface area contributed by atoms with Crippen LogP contribution in [0.4, 0.5) is 8.78 Å². The molecular weight excluding hydrogens is 322 g/mol. The summed E-state index contributed by atoms with van der Waals surface area (Å²) in [7, 11) is -0.515. The Hall–Kier alpha value is -1.84. The van der Waals surface area contributed by atoms with Crippen molar-refractivity contribution >= 4 is 10.9 Å². The van der Waals surface area contributed by atoms with Crippen LogP contribution in [0, 0.1) is 11.6 Å². The summed E-state index contributed by atoms with van der Waals surface area (Å²) in [6, 6.07) is 23.3. The molecule has 0 radical (unpaired) electrons. The molecule has 0 saturated heterocycles. The molecule has 22 heavy (non-hydrogen) atoms. The van der Waals surface area contributed by atoms with E-state index < -0.39 is 22.5 Å². The minimum absolute atomic E-state index is 0. The van der Waals surface area contributed by atoms with Gasteiger partial charge in [-0.3, -0.25) is 0 Å². The van der Waals surface area contributed by atoms with E-state index >= 15 is 0 Å². The minimum Gasteiger partial charge on any atom is -1.00 e. The maximum Gasteiger partial charge on any atom is 0.172 e. The van der Waals surface area contributed by atoms with Gasteiger partial charge in [-0.05, 0) is 24.3 Å². The van der Waals surface area contributed by atoms with Gasteiger partial charge in [-0.1, -0.05) is 36.4 Å². The Labute approximate surface area is 137 Å². The molecule has 3 aromatic rings. The molecule has 0 spiro atoms. The monoisotopic (exact) mass is 334 g/mol. The van der Waals surface area contributed by atoms with Crippen molar-refractivity contribution in [2.75, 3.05) is 0 Å². The van der Waals surface area contributed by atoms with Crippen molar-refractivity contribution in [3.63, 3.8) is 0 Å². The summed E-state index contributed by atoms with van der Waals surface area (Å²) in [6.45, 7) is 0. The van der Waals surface area contributed by atoms with Gasteiger partial charge in [0.05, 0.1) is 10.9 Å². The number of hydrogen-bond acceptors (Lipinski definition) is 0. The van der Waals surface area contributed by atoms with Gasteiger partial charge in [0, 0.05) is 18.2 Å². The number of halogens is 3. The van der Waals surface area contributed by atoms with Crippen LogP contribution in [0.2, 0.25) is 0 Å². The Balaban J connectivity index is 0.00000176. The summed E-state index contributed by atoms with van der Waals surface area (Å²) in [4.78, 5) is 2.72. The highest BCUT2D eigenvalue weighted by atomic mass is 35.5. The van der Waals surface area contributed by atoms with E-state index in [1.807, 2.05) is 60.7 Å². The summed E-state index contributed by atoms with van der Waals surface area (Å²) in [5.74, 6) is -1.09. The molecule has 0 aliphatic heterocycles. The smallest absolute Gasteiger partial charge is 0.172 e. The second kappa shape index (κ2) is 7.43. The van der Waals surface area contributed by atoms with Crippen LogP contribution in [0.5, 0.6) is 0 Å². The normalized spacial score (nSPS) is 10.3. The van der Waals surface area contributed by atoms with Crippen molar-refractivity contribution in [3.8, 4) is 0 Å². The summed E-state index contributed by atoms with van der Waals surface area (Å²) in [5.41, 5.74) is 0. The molecule has 0 fully saturated rings. The molecule has 0 saturated carbocycles. The molecule has 0 aliphatic rings. The van der Waals surface area contributed by atoms with E-state index in [1.54, 1.807) is 0 Å². The zero-order valence-electron chi connectivity index (χ0n) is 11.5. The molecule has 0 N–H and O–H groups in total. The van der Waals surface area contributed by atoms with Crippen LogP contribution >= 0.6 is 0 Å². The van der Waals surface area contributed by atoms with E-state index in [-0.39, 0.29) is 12.4 Å². The van der Waals surface area contributed by atoms with Crippen molar-refractivity contribution in [3.05, 3.63) is 90.5 Å². The predicted molar refractivity (Wildman–Crippen MR) is 81.4 cm³/mol. The van der Waals surface area contributed by atoms with Crippen LogP contribution in [0.15, 0.2) is 93.5 Å². The SMILES string of the molecule is Fc1cc(F)cc([S+](c2ccccc2)c2ccccc2)c1.[Cl-]. The number of benzene rings is 3. The lowest BCUT2D eigenvalue weighted by atomic mass is 10.3. The first kappa shape index (κ1) is 16.5. The third-order valence-corrected chi connectivity index (χ3v) is 5.22. The lowest BCUT2D eigenvalue weighted by Gasteiger charge is -2.08. The summed E-state index contributed by atoms with van der Waals surface area (Å²) in [5, 5.41) is 0. The molecule has 0 aliphatic carbocycles. The second-order valence-electron chi connectivity index (χ2n) is 4.54. The fraction of sp³-hybridized carbons (Fsp3) is 0. The molecule has 0 atom stereocenters. The Morgan fingerprint density at radius 2 is 0.955 bits per heavy atom. The molecule has 0 heterocycles. The first-order valence-corrected chi connectivity index (χ1v) is 7.77. The first-order valence-electron chi connectivity index (χ1n) is 6.54. The van der Waals surface area contributed by atoms with E-state index in [4.69, 9.17) is 0 Å². The van der Waals surface area contributed by atoms with Crippen LogP contribution in [-0.4, -0.2) is 0 Å². The molecule has 0 amide bonds. The highest BCUT2D eigenvalue weighted by molar-refractivity contribution is 7.97. The predicted octanol–water partition coefficient (Wildman–Crippen LogP) is 2.06. The largest absolute Gasteiger partial charge is 1.00 e. The van der Waals surface area contributed by atoms with Crippen LogP contribution < -0.4 is 12.4 Å². The fourth-order valence-electron chi connectivity index (χ4n) is 2.17. The van der Waals surface area contributed by atoms with Gasteiger partial charge < -0.3 is 12.4 Å². The lowest BCUT2D eigenvalue weighted by molar-refractivity contribution is -0.00000542. The van der Waals surface area contributed by atoms with Crippen LogP contribution in [-0.2, 0) is 10.9 Å². The minimum atomic E-state index is -0.547. The molecule has 3 rings (SSSR count). The molecule has 0 bridgehead atoms. The highest BCUT2D eigenvalue weighted by Crippen LogP contribution is 2.31. The third kappa shape index (κ3) is 3.67. The lowest BCUT2D eigenvalue weighted by Crippen LogP contribution is -3.00. The van der Waals surface area contributed by atoms with Gasteiger partial charge >= 0.3 is 0 Å². The third-order valence-electron chi connectivity index (χ3n) is 3.03. The Bertz CT molecular complexity index is 673. The number of hydrogen-bond donors (Lipinski definition) is 0. The van der Waals surface area contributed by atoms with Crippen molar-refractivity contribution in [1.82, 2.24) is 0 Å². The van der Waals surface area contributed by atoms with Gasteiger partial charge in [-0.15, -0.1) is 0 Å². The van der Waals surface area contributed by atoms with Gasteiger partial charge in [0.25, 0.3) is 0 Å². The van der Waals surface area contributed by atoms with Gasteiger partial charge in [-0.25, -0.2) is 8.78 Å². The van der Waals surface area contributed by atoms with Crippen molar-refractivity contribution < 1.29 is 21.2 Å². The Kier molecular flexibility index (Phi) is 5.58. The van der Waals surface area contributed by atoms with E-state index in [9.17, 15) is 8.78 Å².